The molecule has 0 aliphatic rings. The summed E-state index contributed by atoms with van der Waals surface area (Å²) in [5, 5.41) is 6.72. The molecule has 0 saturated heterocycles. The second-order valence-corrected chi connectivity index (χ2v) is 12.4. The lowest BCUT2D eigenvalue weighted by molar-refractivity contribution is 0.622. The molecule has 230 valence electrons. The molecule has 0 saturated carbocycles. The molecule has 2 aromatic heterocycles. The van der Waals surface area contributed by atoms with E-state index in [-0.39, 0.29) is 0 Å². The molecule has 8 aromatic carbocycles. The summed E-state index contributed by atoms with van der Waals surface area (Å²) in [7, 11) is 0. The van der Waals surface area contributed by atoms with E-state index in [4.69, 9.17) is 13.8 Å². The van der Waals surface area contributed by atoms with Crippen LogP contribution in [0, 0.1) is 0 Å². The summed E-state index contributed by atoms with van der Waals surface area (Å²) in [5.41, 5.74) is 9.16. The Balaban J connectivity index is 1.27. The number of rotatable bonds is 5. The highest BCUT2D eigenvalue weighted by Crippen LogP contribution is 2.46. The average Bonchev–Trinajstić information content (AvgIpc) is 3.78. The highest BCUT2D eigenvalue weighted by atomic mass is 16.4. The minimum atomic E-state index is 0.568. The van der Waals surface area contributed by atoms with Crippen LogP contribution in [0.15, 0.2) is 179 Å². The van der Waals surface area contributed by atoms with E-state index in [1.54, 1.807) is 0 Å². The topological polar surface area (TPSA) is 42.4 Å². The molecule has 0 aliphatic heterocycles. The molecular formula is C45H28N2O2. The van der Waals surface area contributed by atoms with Crippen molar-refractivity contribution < 1.29 is 8.83 Å². The van der Waals surface area contributed by atoms with Crippen LogP contribution in [0.3, 0.4) is 0 Å². The van der Waals surface area contributed by atoms with Gasteiger partial charge in [0.2, 0.25) is 5.89 Å². The molecule has 0 spiro atoms. The van der Waals surface area contributed by atoms with Crippen molar-refractivity contribution in [2.45, 2.75) is 0 Å². The summed E-state index contributed by atoms with van der Waals surface area (Å²) in [6.45, 7) is 0. The molecule has 2 heterocycles. The van der Waals surface area contributed by atoms with Crippen LogP contribution in [0.2, 0.25) is 0 Å². The van der Waals surface area contributed by atoms with Gasteiger partial charge >= 0.3 is 0 Å². The number of oxazole rings is 1. The molecule has 10 rings (SSSR count). The average molecular weight is 629 g/mol. The normalized spacial score (nSPS) is 11.7. The van der Waals surface area contributed by atoms with Gasteiger partial charge < -0.3 is 13.7 Å². The smallest absolute Gasteiger partial charge is 0.227 e. The van der Waals surface area contributed by atoms with E-state index in [9.17, 15) is 0 Å². The molecule has 4 nitrogen and oxygen atoms in total. The molecule has 0 aliphatic carbocycles. The molecule has 0 atom stereocenters. The zero-order valence-electron chi connectivity index (χ0n) is 26.4. The Bertz CT molecular complexity index is 2820. The van der Waals surface area contributed by atoms with Crippen molar-refractivity contribution in [3.05, 3.63) is 170 Å². The molecule has 0 amide bonds. The quantitative estimate of drug-likeness (QED) is 0.178. The van der Waals surface area contributed by atoms with E-state index in [0.29, 0.717) is 11.5 Å². The van der Waals surface area contributed by atoms with Gasteiger partial charge in [0.05, 0.1) is 11.1 Å². The second-order valence-electron chi connectivity index (χ2n) is 12.4. The molecule has 0 N–H and O–H groups in total. The fourth-order valence-electron chi connectivity index (χ4n) is 7.12. The Hall–Kier alpha value is -6.65. The zero-order chi connectivity index (χ0) is 32.3. The Morgan fingerprint density at radius 1 is 0.429 bits per heavy atom. The summed E-state index contributed by atoms with van der Waals surface area (Å²) in [4.78, 5) is 7.50. The van der Waals surface area contributed by atoms with Gasteiger partial charge in [-0.3, -0.25) is 0 Å². The van der Waals surface area contributed by atoms with Crippen LogP contribution >= 0.6 is 0 Å². The van der Waals surface area contributed by atoms with Gasteiger partial charge in [0.25, 0.3) is 0 Å². The number of anilines is 3. The minimum absolute atomic E-state index is 0.568. The van der Waals surface area contributed by atoms with E-state index >= 15 is 0 Å². The van der Waals surface area contributed by atoms with Gasteiger partial charge in [0.15, 0.2) is 5.58 Å². The first-order valence-electron chi connectivity index (χ1n) is 16.5. The first-order valence-corrected chi connectivity index (χ1v) is 16.5. The molecule has 49 heavy (non-hydrogen) atoms. The van der Waals surface area contributed by atoms with E-state index in [2.05, 4.69) is 120 Å². The third-order valence-corrected chi connectivity index (χ3v) is 9.47. The number of para-hydroxylation sites is 1. The Labute approximate surface area is 282 Å². The number of fused-ring (bicyclic) bond motifs is 8. The number of furan rings is 1. The maximum Gasteiger partial charge on any atom is 0.227 e. The lowest BCUT2D eigenvalue weighted by Gasteiger charge is -2.26. The van der Waals surface area contributed by atoms with Crippen molar-refractivity contribution in [2.24, 2.45) is 0 Å². The van der Waals surface area contributed by atoms with Crippen molar-refractivity contribution in [1.29, 1.82) is 0 Å². The van der Waals surface area contributed by atoms with Crippen molar-refractivity contribution in [2.75, 3.05) is 4.90 Å². The molecular weight excluding hydrogens is 601 g/mol. The number of aromatic nitrogens is 1. The molecule has 0 unspecified atom stereocenters. The fourth-order valence-corrected chi connectivity index (χ4v) is 7.12. The predicted octanol–water partition coefficient (Wildman–Crippen LogP) is 12.8. The summed E-state index contributed by atoms with van der Waals surface area (Å²) in [6, 6.07) is 59.2. The highest BCUT2D eigenvalue weighted by molar-refractivity contribution is 6.20. The van der Waals surface area contributed by atoms with Crippen LogP contribution in [0.25, 0.3) is 77.2 Å². The largest absolute Gasteiger partial charge is 0.456 e. The predicted molar refractivity (Wildman–Crippen MR) is 202 cm³/mol. The van der Waals surface area contributed by atoms with E-state index in [1.165, 1.54) is 27.1 Å². The second kappa shape index (κ2) is 11.0. The molecule has 0 fully saturated rings. The highest BCUT2D eigenvalue weighted by Gasteiger charge is 2.25. The van der Waals surface area contributed by atoms with Crippen LogP contribution in [0.1, 0.15) is 0 Å². The third kappa shape index (κ3) is 4.49. The number of hydrogen-bond acceptors (Lipinski definition) is 4. The number of nitrogens with zero attached hydrogens (tertiary/aromatic N) is 2. The minimum Gasteiger partial charge on any atom is -0.456 e. The standard InChI is InChI=1S/C45H28N2O2/c1-3-11-29(12-4-1)30-21-24-34(25-22-30)47(35-26-23-32-20-19-31-13-7-8-16-36(31)38(32)27-35)39-28-41-42(37-17-9-10-18-40(37)48-41)44-43(39)46-45(49-44)33-14-5-2-6-15-33/h1-28H. The van der Waals surface area contributed by atoms with Crippen LogP contribution in [-0.2, 0) is 0 Å². The van der Waals surface area contributed by atoms with Gasteiger partial charge in [-0.1, -0.05) is 121 Å². The summed E-state index contributed by atoms with van der Waals surface area (Å²) in [6.07, 6.45) is 0. The van der Waals surface area contributed by atoms with Crippen molar-refractivity contribution >= 4 is 71.6 Å². The van der Waals surface area contributed by atoms with Gasteiger partial charge in [-0.2, -0.15) is 0 Å². The van der Waals surface area contributed by atoms with Crippen molar-refractivity contribution in [3.63, 3.8) is 0 Å². The maximum atomic E-state index is 6.70. The summed E-state index contributed by atoms with van der Waals surface area (Å²) >= 11 is 0. The van der Waals surface area contributed by atoms with Crippen molar-refractivity contribution in [1.82, 2.24) is 4.98 Å². The lowest BCUT2D eigenvalue weighted by atomic mass is 10.0. The van der Waals surface area contributed by atoms with Crippen LogP contribution in [0.5, 0.6) is 0 Å². The number of benzene rings is 8. The molecule has 10 aromatic rings. The first kappa shape index (κ1) is 27.5. The summed E-state index contributed by atoms with van der Waals surface area (Å²) < 4.78 is 13.2. The Morgan fingerprint density at radius 3 is 1.84 bits per heavy atom. The Kier molecular flexibility index (Phi) is 6.15. The van der Waals surface area contributed by atoms with Gasteiger partial charge in [0, 0.05) is 28.4 Å². The van der Waals surface area contributed by atoms with Gasteiger partial charge in [0.1, 0.15) is 16.7 Å². The van der Waals surface area contributed by atoms with E-state index < -0.39 is 0 Å². The van der Waals surface area contributed by atoms with Gasteiger partial charge in [-0.05, 0) is 75.1 Å². The summed E-state index contributed by atoms with van der Waals surface area (Å²) in [5.74, 6) is 0.568. The van der Waals surface area contributed by atoms with Crippen LogP contribution in [-0.4, -0.2) is 4.98 Å². The Morgan fingerprint density at radius 2 is 1.04 bits per heavy atom. The SMILES string of the molecule is c1ccc(-c2ccc(N(c3ccc4ccc5ccccc5c4c3)c3cc4oc5ccccc5c4c4oc(-c5ccccc5)nc34)cc2)cc1. The lowest BCUT2D eigenvalue weighted by Crippen LogP contribution is -2.10. The van der Waals surface area contributed by atoms with E-state index in [0.717, 1.165) is 55.6 Å². The third-order valence-electron chi connectivity index (χ3n) is 9.47. The maximum absolute atomic E-state index is 6.70. The van der Waals surface area contributed by atoms with Crippen molar-refractivity contribution in [3.8, 4) is 22.6 Å². The first-order chi connectivity index (χ1) is 24.3. The van der Waals surface area contributed by atoms with Crippen LogP contribution < -0.4 is 4.90 Å². The van der Waals surface area contributed by atoms with Crippen LogP contribution in [0.4, 0.5) is 17.1 Å². The molecule has 4 heteroatoms. The van der Waals surface area contributed by atoms with E-state index in [1.807, 2.05) is 54.6 Å². The van der Waals surface area contributed by atoms with Gasteiger partial charge in [-0.25, -0.2) is 4.98 Å². The zero-order valence-corrected chi connectivity index (χ0v) is 26.4. The molecule has 0 radical (unpaired) electrons. The fraction of sp³-hybridized carbons (Fsp3) is 0. The molecule has 0 bridgehead atoms. The number of hydrogen-bond donors (Lipinski definition) is 0. The monoisotopic (exact) mass is 628 g/mol. The van der Waals surface area contributed by atoms with Gasteiger partial charge in [-0.15, -0.1) is 0 Å².